The fourth-order valence-corrected chi connectivity index (χ4v) is 2.86. The Kier molecular flexibility index (Phi) is 7.45. The largest absolute Gasteiger partial charge is 0.490 e. The average Bonchev–Trinajstić information content (AvgIpc) is 2.67. The number of hydrogen-bond donors (Lipinski definition) is 1. The lowest BCUT2D eigenvalue weighted by atomic mass is 9.97. The van der Waals surface area contributed by atoms with Crippen LogP contribution in [0.5, 0.6) is 11.5 Å². The first-order valence-electron chi connectivity index (χ1n) is 9.01. The first-order chi connectivity index (χ1) is 12.9. The Hall–Kier alpha value is -2.77. The molecule has 2 amide bonds. The smallest absolute Gasteiger partial charge is 0.306 e. The Labute approximate surface area is 158 Å². The van der Waals surface area contributed by atoms with Crippen LogP contribution in [0, 0.1) is 5.92 Å². The number of rotatable bonds is 8. The molecule has 0 atom stereocenters. The first-order valence-corrected chi connectivity index (χ1v) is 9.01. The third kappa shape index (κ3) is 5.87. The van der Waals surface area contributed by atoms with Crippen LogP contribution in [0.4, 0.5) is 0 Å². The molecular formula is C19H26N2O6. The molecule has 1 aromatic carbocycles. The van der Waals surface area contributed by atoms with E-state index in [0.29, 0.717) is 44.0 Å². The van der Waals surface area contributed by atoms with Gasteiger partial charge in [-0.2, -0.15) is 0 Å². The molecule has 2 rings (SSSR count). The predicted octanol–water partition coefficient (Wildman–Crippen LogP) is 1.25. The Morgan fingerprint density at radius 2 is 1.74 bits per heavy atom. The van der Waals surface area contributed by atoms with E-state index in [2.05, 4.69) is 0 Å². The van der Waals surface area contributed by atoms with Crippen molar-refractivity contribution in [3.63, 3.8) is 0 Å². The standard InChI is InChI=1S/C19H26N2O6/c1-3-26-15-6-4-5-7-16(15)27-13-18(23)20(2)12-17(22)21-10-8-14(9-11-21)19(24)25/h4-7,14H,3,8-13H2,1-2H3,(H,24,25). The van der Waals surface area contributed by atoms with E-state index >= 15 is 0 Å². The molecule has 8 heteroatoms. The number of likely N-dealkylation sites (N-methyl/N-ethyl adjacent to an activating group) is 1. The van der Waals surface area contributed by atoms with Gasteiger partial charge in [-0.1, -0.05) is 12.1 Å². The van der Waals surface area contributed by atoms with Crippen LogP contribution < -0.4 is 9.47 Å². The van der Waals surface area contributed by atoms with Crippen LogP contribution in [0.15, 0.2) is 24.3 Å². The van der Waals surface area contributed by atoms with E-state index in [1.165, 1.54) is 4.90 Å². The molecule has 1 aromatic rings. The average molecular weight is 378 g/mol. The van der Waals surface area contributed by atoms with Crippen LogP contribution in [-0.2, 0) is 14.4 Å². The summed E-state index contributed by atoms with van der Waals surface area (Å²) in [5.41, 5.74) is 0. The minimum atomic E-state index is -0.820. The summed E-state index contributed by atoms with van der Waals surface area (Å²) in [6, 6.07) is 7.08. The number of benzene rings is 1. The van der Waals surface area contributed by atoms with Crippen molar-refractivity contribution in [3.05, 3.63) is 24.3 Å². The van der Waals surface area contributed by atoms with Crippen LogP contribution in [0.3, 0.4) is 0 Å². The summed E-state index contributed by atoms with van der Waals surface area (Å²) in [5.74, 6) is -0.693. The number of nitrogens with zero attached hydrogens (tertiary/aromatic N) is 2. The molecule has 0 aliphatic carbocycles. The molecule has 0 saturated carbocycles. The van der Waals surface area contributed by atoms with Crippen LogP contribution in [0.2, 0.25) is 0 Å². The van der Waals surface area contributed by atoms with Gasteiger partial charge in [0.25, 0.3) is 5.91 Å². The zero-order chi connectivity index (χ0) is 19.8. The number of carboxylic acid groups (broad SMARTS) is 1. The Morgan fingerprint density at radius 1 is 1.15 bits per heavy atom. The van der Waals surface area contributed by atoms with E-state index in [1.807, 2.05) is 13.0 Å². The van der Waals surface area contributed by atoms with Gasteiger partial charge in [-0.15, -0.1) is 0 Å². The first kappa shape index (κ1) is 20.5. The summed E-state index contributed by atoms with van der Waals surface area (Å²) in [6.07, 6.45) is 0.881. The molecule has 1 fully saturated rings. The Morgan fingerprint density at radius 3 is 2.30 bits per heavy atom. The number of amides is 2. The highest BCUT2D eigenvalue weighted by molar-refractivity contribution is 5.85. The molecule has 0 unspecified atom stereocenters. The number of carbonyl (C=O) groups excluding carboxylic acids is 2. The highest BCUT2D eigenvalue weighted by Gasteiger charge is 2.27. The van der Waals surface area contributed by atoms with Crippen LogP contribution in [0.1, 0.15) is 19.8 Å². The molecule has 8 nitrogen and oxygen atoms in total. The summed E-state index contributed by atoms with van der Waals surface area (Å²) in [6.45, 7) is 2.88. The van der Waals surface area contributed by atoms with Crippen molar-refractivity contribution < 1.29 is 29.0 Å². The Balaban J connectivity index is 1.80. The molecule has 0 spiro atoms. The molecule has 1 aliphatic heterocycles. The maximum Gasteiger partial charge on any atom is 0.306 e. The molecule has 0 bridgehead atoms. The molecule has 1 saturated heterocycles. The zero-order valence-electron chi connectivity index (χ0n) is 15.7. The monoisotopic (exact) mass is 378 g/mol. The van der Waals surface area contributed by atoms with Crippen molar-refractivity contribution in [2.75, 3.05) is 39.9 Å². The second-order valence-corrected chi connectivity index (χ2v) is 6.41. The summed E-state index contributed by atoms with van der Waals surface area (Å²) >= 11 is 0. The van der Waals surface area contributed by atoms with E-state index in [9.17, 15) is 14.4 Å². The number of para-hydroxylation sites is 2. The normalized spacial score (nSPS) is 14.5. The van der Waals surface area contributed by atoms with Gasteiger partial charge in [0.05, 0.1) is 19.1 Å². The molecule has 1 heterocycles. The summed E-state index contributed by atoms with van der Waals surface area (Å²) < 4.78 is 11.0. The number of carbonyl (C=O) groups is 3. The number of ether oxygens (including phenoxy) is 2. The maximum atomic E-state index is 12.3. The molecule has 27 heavy (non-hydrogen) atoms. The number of likely N-dealkylation sites (tertiary alicyclic amines) is 1. The van der Waals surface area contributed by atoms with Crippen LogP contribution >= 0.6 is 0 Å². The van der Waals surface area contributed by atoms with Gasteiger partial charge in [-0.3, -0.25) is 14.4 Å². The third-order valence-corrected chi connectivity index (χ3v) is 4.50. The second kappa shape index (κ2) is 9.80. The van der Waals surface area contributed by atoms with Crippen LogP contribution in [0.25, 0.3) is 0 Å². The molecule has 1 N–H and O–H groups in total. The van der Waals surface area contributed by atoms with Crippen molar-refractivity contribution in [3.8, 4) is 11.5 Å². The highest BCUT2D eigenvalue weighted by Crippen LogP contribution is 2.26. The second-order valence-electron chi connectivity index (χ2n) is 6.41. The van der Waals surface area contributed by atoms with Gasteiger partial charge in [0, 0.05) is 20.1 Å². The maximum absolute atomic E-state index is 12.3. The highest BCUT2D eigenvalue weighted by atomic mass is 16.5. The number of carboxylic acids is 1. The van der Waals surface area contributed by atoms with Crippen molar-refractivity contribution in [2.45, 2.75) is 19.8 Å². The van der Waals surface area contributed by atoms with Gasteiger partial charge >= 0.3 is 5.97 Å². The lowest BCUT2D eigenvalue weighted by Crippen LogP contribution is -2.46. The van der Waals surface area contributed by atoms with Gasteiger partial charge in [0.2, 0.25) is 5.91 Å². The van der Waals surface area contributed by atoms with E-state index in [1.54, 1.807) is 30.1 Å². The van der Waals surface area contributed by atoms with Crippen molar-refractivity contribution in [2.24, 2.45) is 5.92 Å². The van der Waals surface area contributed by atoms with Crippen LogP contribution in [-0.4, -0.2) is 72.6 Å². The fraction of sp³-hybridized carbons (Fsp3) is 0.526. The third-order valence-electron chi connectivity index (χ3n) is 4.50. The molecule has 148 valence electrons. The van der Waals surface area contributed by atoms with Gasteiger partial charge in [0.15, 0.2) is 18.1 Å². The van der Waals surface area contributed by atoms with E-state index in [0.717, 1.165) is 0 Å². The molecule has 1 aliphatic rings. The van der Waals surface area contributed by atoms with Gasteiger partial charge in [-0.05, 0) is 31.9 Å². The topological polar surface area (TPSA) is 96.4 Å². The number of piperidine rings is 1. The van der Waals surface area contributed by atoms with Crippen molar-refractivity contribution in [1.82, 2.24) is 9.80 Å². The number of hydrogen-bond acceptors (Lipinski definition) is 5. The zero-order valence-corrected chi connectivity index (χ0v) is 15.7. The predicted molar refractivity (Wildman–Crippen MR) is 97.7 cm³/mol. The fourth-order valence-electron chi connectivity index (χ4n) is 2.86. The van der Waals surface area contributed by atoms with Gasteiger partial charge in [0.1, 0.15) is 0 Å². The number of aliphatic carboxylic acids is 1. The summed E-state index contributed by atoms with van der Waals surface area (Å²) in [5, 5.41) is 9.01. The van der Waals surface area contributed by atoms with E-state index in [-0.39, 0.29) is 25.0 Å². The Bertz CT molecular complexity index is 670. The molecular weight excluding hydrogens is 352 g/mol. The van der Waals surface area contributed by atoms with Gasteiger partial charge in [-0.25, -0.2) is 0 Å². The lowest BCUT2D eigenvalue weighted by Gasteiger charge is -2.31. The van der Waals surface area contributed by atoms with Gasteiger partial charge < -0.3 is 24.4 Å². The van der Waals surface area contributed by atoms with Crippen molar-refractivity contribution in [1.29, 1.82) is 0 Å². The van der Waals surface area contributed by atoms with E-state index < -0.39 is 11.9 Å². The SMILES string of the molecule is CCOc1ccccc1OCC(=O)N(C)CC(=O)N1CCC(C(=O)O)CC1. The molecule has 0 aromatic heterocycles. The molecule has 0 radical (unpaired) electrons. The minimum Gasteiger partial charge on any atom is -0.490 e. The summed E-state index contributed by atoms with van der Waals surface area (Å²) in [4.78, 5) is 38.5. The van der Waals surface area contributed by atoms with Crippen molar-refractivity contribution >= 4 is 17.8 Å². The minimum absolute atomic E-state index is 0.0625. The summed E-state index contributed by atoms with van der Waals surface area (Å²) in [7, 11) is 1.54. The van der Waals surface area contributed by atoms with E-state index in [4.69, 9.17) is 14.6 Å². The quantitative estimate of drug-likeness (QED) is 0.731. The lowest BCUT2D eigenvalue weighted by molar-refractivity contribution is -0.146.